The van der Waals surface area contributed by atoms with Crippen molar-refractivity contribution in [1.82, 2.24) is 9.38 Å². The Morgan fingerprint density at radius 1 is 1.52 bits per heavy atom. The number of hydrogen-bond donors (Lipinski definition) is 1. The van der Waals surface area contributed by atoms with Crippen LogP contribution in [0.5, 0.6) is 5.88 Å². The third kappa shape index (κ3) is 2.53. The summed E-state index contributed by atoms with van der Waals surface area (Å²) in [5.41, 5.74) is 2.14. The molecule has 0 saturated carbocycles. The molecule has 3 rings (SSSR count). The fourth-order valence-electron chi connectivity index (χ4n) is 2.08. The number of nitriles is 1. The molecule has 0 fully saturated rings. The molecule has 0 aliphatic rings. The molecule has 0 amide bonds. The number of nitrogens with zero attached hydrogens (tertiary/aromatic N) is 3. The summed E-state index contributed by atoms with van der Waals surface area (Å²) in [5, 5.41) is 14.9. The monoisotopic (exact) mass is 318 g/mol. The highest BCUT2D eigenvalue weighted by Crippen LogP contribution is 2.26. The van der Waals surface area contributed by atoms with Crippen molar-refractivity contribution in [3.8, 4) is 11.9 Å². The fourth-order valence-corrected chi connectivity index (χ4v) is 2.97. The van der Waals surface area contributed by atoms with Crippen molar-refractivity contribution in [3.63, 3.8) is 0 Å². The van der Waals surface area contributed by atoms with Gasteiger partial charge in [-0.2, -0.15) is 10.2 Å². The first-order valence-corrected chi connectivity index (χ1v) is 7.40. The van der Waals surface area contributed by atoms with Gasteiger partial charge in [-0.05, 0) is 18.2 Å². The fraction of sp³-hybridized carbons (Fsp3) is 0.143. The van der Waals surface area contributed by atoms with Gasteiger partial charge in [-0.3, -0.25) is 4.40 Å². The number of rotatable bonds is 4. The highest BCUT2D eigenvalue weighted by molar-refractivity contribution is 7.15. The maximum atomic E-state index is 9.13. The number of ether oxygens (including phenoxy) is 1. The highest BCUT2D eigenvalue weighted by atomic mass is 35.5. The van der Waals surface area contributed by atoms with Crippen molar-refractivity contribution in [2.24, 2.45) is 0 Å². The quantitative estimate of drug-likeness (QED) is 0.799. The van der Waals surface area contributed by atoms with E-state index in [1.165, 1.54) is 0 Å². The second-order valence-electron chi connectivity index (χ2n) is 4.28. The van der Waals surface area contributed by atoms with Gasteiger partial charge in [-0.15, -0.1) is 11.3 Å². The Hall–Kier alpha value is -2.23. The molecule has 21 heavy (non-hydrogen) atoms. The van der Waals surface area contributed by atoms with E-state index < -0.39 is 0 Å². The molecular weight excluding hydrogens is 308 g/mol. The number of nitrogens with one attached hydrogen (secondary N) is 1. The molecule has 0 spiro atoms. The van der Waals surface area contributed by atoms with Gasteiger partial charge in [0.1, 0.15) is 11.8 Å². The van der Waals surface area contributed by atoms with Crippen LogP contribution in [0.25, 0.3) is 4.96 Å². The molecule has 7 heteroatoms. The Morgan fingerprint density at radius 2 is 2.38 bits per heavy atom. The molecule has 3 aromatic rings. The summed E-state index contributed by atoms with van der Waals surface area (Å²) < 4.78 is 7.27. The van der Waals surface area contributed by atoms with Crippen LogP contribution in [-0.4, -0.2) is 16.5 Å². The summed E-state index contributed by atoms with van der Waals surface area (Å²) in [6, 6.07) is 7.26. The van der Waals surface area contributed by atoms with Gasteiger partial charge >= 0.3 is 0 Å². The molecule has 0 saturated heterocycles. The predicted molar refractivity (Wildman–Crippen MR) is 83.1 cm³/mol. The van der Waals surface area contributed by atoms with Crippen molar-refractivity contribution in [1.29, 1.82) is 5.26 Å². The molecule has 0 radical (unpaired) electrons. The summed E-state index contributed by atoms with van der Waals surface area (Å²) in [6.07, 6.45) is 1.94. The Balaban J connectivity index is 1.92. The number of aromatic nitrogens is 2. The zero-order chi connectivity index (χ0) is 14.8. The number of imidazole rings is 1. The molecule has 0 aliphatic heterocycles. The summed E-state index contributed by atoms with van der Waals surface area (Å²) in [4.78, 5) is 5.26. The number of thiazole rings is 1. The molecule has 2 heterocycles. The first kappa shape index (κ1) is 13.7. The van der Waals surface area contributed by atoms with E-state index in [1.807, 2.05) is 16.0 Å². The number of methoxy groups -OCH3 is 1. The van der Waals surface area contributed by atoms with Crippen LogP contribution >= 0.6 is 22.9 Å². The minimum absolute atomic E-state index is 0.482. The van der Waals surface area contributed by atoms with Crippen LogP contribution in [-0.2, 0) is 6.54 Å². The average Bonchev–Trinajstić information content (AvgIpc) is 3.06. The van der Waals surface area contributed by atoms with Crippen LogP contribution in [0.15, 0.2) is 29.8 Å². The van der Waals surface area contributed by atoms with Crippen molar-refractivity contribution in [3.05, 3.63) is 46.1 Å². The van der Waals surface area contributed by atoms with Crippen LogP contribution in [0.2, 0.25) is 5.02 Å². The summed E-state index contributed by atoms with van der Waals surface area (Å²) in [6.45, 7) is 0.482. The second kappa shape index (κ2) is 5.64. The van der Waals surface area contributed by atoms with Gasteiger partial charge in [0.25, 0.3) is 0 Å². The number of anilines is 1. The highest BCUT2D eigenvalue weighted by Gasteiger charge is 2.14. The maximum Gasteiger partial charge on any atom is 0.238 e. The number of fused-ring (bicyclic) bond motifs is 1. The van der Waals surface area contributed by atoms with Crippen molar-refractivity contribution in [2.45, 2.75) is 6.54 Å². The van der Waals surface area contributed by atoms with Gasteiger partial charge in [0.15, 0.2) is 4.96 Å². The molecule has 0 atom stereocenters. The normalized spacial score (nSPS) is 10.5. The molecule has 0 unspecified atom stereocenters. The molecular formula is C14H11ClN4OS. The Labute approximate surface area is 130 Å². The van der Waals surface area contributed by atoms with Crippen LogP contribution in [0.3, 0.4) is 0 Å². The van der Waals surface area contributed by atoms with E-state index in [2.05, 4.69) is 16.4 Å². The van der Waals surface area contributed by atoms with Crippen molar-refractivity contribution in [2.75, 3.05) is 12.4 Å². The van der Waals surface area contributed by atoms with Crippen LogP contribution in [0, 0.1) is 11.3 Å². The largest absolute Gasteiger partial charge is 0.480 e. The third-order valence-electron chi connectivity index (χ3n) is 3.07. The van der Waals surface area contributed by atoms with Crippen LogP contribution in [0.1, 0.15) is 11.3 Å². The molecule has 106 valence electrons. The molecule has 0 bridgehead atoms. The maximum absolute atomic E-state index is 9.13. The van der Waals surface area contributed by atoms with E-state index in [0.29, 0.717) is 28.7 Å². The summed E-state index contributed by atoms with van der Waals surface area (Å²) in [5.74, 6) is 0.579. The smallest absolute Gasteiger partial charge is 0.238 e. The lowest BCUT2D eigenvalue weighted by molar-refractivity contribution is 0.395. The molecule has 0 aliphatic carbocycles. The Morgan fingerprint density at radius 3 is 3.14 bits per heavy atom. The van der Waals surface area contributed by atoms with E-state index in [1.54, 1.807) is 36.6 Å². The van der Waals surface area contributed by atoms with E-state index >= 15 is 0 Å². The van der Waals surface area contributed by atoms with Gasteiger partial charge in [0, 0.05) is 16.6 Å². The van der Waals surface area contributed by atoms with Gasteiger partial charge in [0.05, 0.1) is 24.9 Å². The Kier molecular flexibility index (Phi) is 3.69. The van der Waals surface area contributed by atoms with E-state index in [9.17, 15) is 0 Å². The van der Waals surface area contributed by atoms with Crippen molar-refractivity contribution >= 4 is 33.6 Å². The third-order valence-corrected chi connectivity index (χ3v) is 4.06. The lowest BCUT2D eigenvalue weighted by Gasteiger charge is -2.09. The number of benzene rings is 1. The SMILES string of the molecule is COc1nc2sccn2c1CNc1cc(Cl)ccc1C#N. The second-order valence-corrected chi connectivity index (χ2v) is 5.59. The average molecular weight is 319 g/mol. The summed E-state index contributed by atoms with van der Waals surface area (Å²) >= 11 is 7.52. The topological polar surface area (TPSA) is 62.4 Å². The van der Waals surface area contributed by atoms with Gasteiger partial charge in [0.2, 0.25) is 5.88 Å². The molecule has 1 N–H and O–H groups in total. The van der Waals surface area contributed by atoms with Crippen LogP contribution in [0.4, 0.5) is 5.69 Å². The molecule has 5 nitrogen and oxygen atoms in total. The molecule has 1 aromatic carbocycles. The zero-order valence-electron chi connectivity index (χ0n) is 11.1. The van der Waals surface area contributed by atoms with Crippen molar-refractivity contribution < 1.29 is 4.74 Å². The van der Waals surface area contributed by atoms with Gasteiger partial charge < -0.3 is 10.1 Å². The number of hydrogen-bond acceptors (Lipinski definition) is 5. The first-order valence-electron chi connectivity index (χ1n) is 6.15. The molecule has 2 aromatic heterocycles. The number of halogens is 1. The minimum Gasteiger partial charge on any atom is -0.480 e. The van der Waals surface area contributed by atoms with E-state index in [-0.39, 0.29) is 0 Å². The minimum atomic E-state index is 0.482. The van der Waals surface area contributed by atoms with E-state index in [4.69, 9.17) is 21.6 Å². The first-order chi connectivity index (χ1) is 10.2. The van der Waals surface area contributed by atoms with Gasteiger partial charge in [-0.1, -0.05) is 11.6 Å². The zero-order valence-corrected chi connectivity index (χ0v) is 12.7. The summed E-state index contributed by atoms with van der Waals surface area (Å²) in [7, 11) is 1.59. The Bertz CT molecular complexity index is 833. The predicted octanol–water partition coefficient (Wildman–Crippen LogP) is 3.54. The van der Waals surface area contributed by atoms with Crippen LogP contribution < -0.4 is 10.1 Å². The lowest BCUT2D eigenvalue weighted by atomic mass is 10.2. The van der Waals surface area contributed by atoms with Gasteiger partial charge in [-0.25, -0.2) is 0 Å². The lowest BCUT2D eigenvalue weighted by Crippen LogP contribution is -2.05. The van der Waals surface area contributed by atoms with E-state index in [0.717, 1.165) is 10.7 Å². The standard InChI is InChI=1S/C14H11ClN4OS/c1-20-13-12(19-4-5-21-14(19)18-13)8-17-11-6-10(15)3-2-9(11)7-16/h2-6,17H,8H2,1H3.